The van der Waals surface area contributed by atoms with Crippen LogP contribution in [-0.2, 0) is 9.53 Å². The van der Waals surface area contributed by atoms with Crippen molar-refractivity contribution in [3.63, 3.8) is 0 Å². The molecular weight excluding hydrogens is 260 g/mol. The van der Waals surface area contributed by atoms with Crippen molar-refractivity contribution in [2.75, 3.05) is 7.11 Å². The molecule has 1 unspecified atom stereocenters. The molecule has 0 radical (unpaired) electrons. The van der Waals surface area contributed by atoms with Gasteiger partial charge in [0.15, 0.2) is 5.78 Å². The van der Waals surface area contributed by atoms with Crippen molar-refractivity contribution < 1.29 is 9.53 Å². The van der Waals surface area contributed by atoms with E-state index in [4.69, 9.17) is 16.3 Å². The molecule has 0 aromatic heterocycles. The molecule has 2 rings (SSSR count). The number of carbonyl (C=O) groups excluding carboxylic acids is 1. The van der Waals surface area contributed by atoms with Gasteiger partial charge in [0, 0.05) is 17.7 Å². The van der Waals surface area contributed by atoms with Crippen molar-refractivity contribution in [1.82, 2.24) is 0 Å². The summed E-state index contributed by atoms with van der Waals surface area (Å²) in [5.41, 5.74) is 2.78. The summed E-state index contributed by atoms with van der Waals surface area (Å²) >= 11 is 6.30. The summed E-state index contributed by atoms with van der Waals surface area (Å²) in [5.74, 6) is -0.0361. The van der Waals surface area contributed by atoms with E-state index in [0.717, 1.165) is 16.7 Å². The fourth-order valence-corrected chi connectivity index (χ4v) is 2.38. The van der Waals surface area contributed by atoms with Gasteiger partial charge in [-0.1, -0.05) is 54.1 Å². The van der Waals surface area contributed by atoms with Gasteiger partial charge in [-0.2, -0.15) is 0 Å². The lowest BCUT2D eigenvalue weighted by atomic mass is 10.0. The number of benzene rings is 2. The van der Waals surface area contributed by atoms with E-state index in [9.17, 15) is 4.79 Å². The first-order valence-corrected chi connectivity index (χ1v) is 6.39. The lowest BCUT2D eigenvalue weighted by Crippen LogP contribution is -2.10. The number of ether oxygens (including phenoxy) is 1. The Hall–Kier alpha value is -1.64. The monoisotopic (exact) mass is 274 g/mol. The zero-order valence-corrected chi connectivity index (χ0v) is 11.6. The highest BCUT2D eigenvalue weighted by Gasteiger charge is 2.17. The molecule has 0 aliphatic rings. The Morgan fingerprint density at radius 2 is 1.84 bits per heavy atom. The Kier molecular flexibility index (Phi) is 4.35. The molecule has 3 heteroatoms. The second-order valence-corrected chi connectivity index (χ2v) is 4.74. The Balaban J connectivity index is 2.40. The van der Waals surface area contributed by atoms with Gasteiger partial charge < -0.3 is 4.74 Å². The number of ketones is 1. The molecule has 0 fully saturated rings. The molecule has 0 saturated carbocycles. The summed E-state index contributed by atoms with van der Waals surface area (Å²) in [4.78, 5) is 11.5. The Labute approximate surface area is 118 Å². The van der Waals surface area contributed by atoms with E-state index in [1.54, 1.807) is 6.07 Å². The lowest BCUT2D eigenvalue weighted by Gasteiger charge is -2.14. The van der Waals surface area contributed by atoms with E-state index in [0.29, 0.717) is 5.02 Å². The molecule has 0 N–H and O–H groups in total. The van der Waals surface area contributed by atoms with Crippen molar-refractivity contribution in [1.29, 1.82) is 0 Å². The maximum absolute atomic E-state index is 11.5. The molecule has 0 aliphatic carbocycles. The highest BCUT2D eigenvalue weighted by Crippen LogP contribution is 2.31. The SMILES string of the molecule is COC(C(C)=O)c1ccc(-c2ccccc2)c(Cl)c1. The minimum atomic E-state index is -0.553. The van der Waals surface area contributed by atoms with Crippen LogP contribution in [0.25, 0.3) is 11.1 Å². The number of Topliss-reactive ketones (excluding diaryl/α,β-unsaturated/α-hetero) is 1. The number of methoxy groups -OCH3 is 1. The summed E-state index contributed by atoms with van der Waals surface area (Å²) < 4.78 is 5.19. The van der Waals surface area contributed by atoms with Gasteiger partial charge in [0.25, 0.3) is 0 Å². The van der Waals surface area contributed by atoms with Crippen molar-refractivity contribution >= 4 is 17.4 Å². The average molecular weight is 275 g/mol. The summed E-state index contributed by atoms with van der Waals surface area (Å²) in [6.45, 7) is 1.51. The molecule has 0 aliphatic heterocycles. The zero-order valence-electron chi connectivity index (χ0n) is 10.9. The van der Waals surface area contributed by atoms with Gasteiger partial charge in [-0.3, -0.25) is 4.79 Å². The predicted molar refractivity (Wildman–Crippen MR) is 77.3 cm³/mol. The number of halogens is 1. The largest absolute Gasteiger partial charge is 0.369 e. The van der Waals surface area contributed by atoms with Crippen LogP contribution in [0.15, 0.2) is 48.5 Å². The molecular formula is C16H15ClO2. The van der Waals surface area contributed by atoms with Crippen LogP contribution in [0, 0.1) is 0 Å². The standard InChI is InChI=1S/C16H15ClO2/c1-11(18)16(19-2)13-8-9-14(15(17)10-13)12-6-4-3-5-7-12/h3-10,16H,1-2H3. The predicted octanol–water partition coefficient (Wildman–Crippen LogP) is 4.28. The van der Waals surface area contributed by atoms with E-state index < -0.39 is 6.10 Å². The smallest absolute Gasteiger partial charge is 0.163 e. The van der Waals surface area contributed by atoms with Crippen LogP contribution in [-0.4, -0.2) is 12.9 Å². The topological polar surface area (TPSA) is 26.3 Å². The number of rotatable bonds is 4. The third-order valence-corrected chi connectivity index (χ3v) is 3.30. The van der Waals surface area contributed by atoms with E-state index in [-0.39, 0.29) is 5.78 Å². The Bertz CT molecular complexity index is 579. The maximum atomic E-state index is 11.5. The summed E-state index contributed by atoms with van der Waals surface area (Å²) in [6, 6.07) is 15.5. The fraction of sp³-hybridized carbons (Fsp3) is 0.188. The Morgan fingerprint density at radius 3 is 2.37 bits per heavy atom. The third kappa shape index (κ3) is 3.03. The number of hydrogen-bond donors (Lipinski definition) is 0. The summed E-state index contributed by atoms with van der Waals surface area (Å²) in [7, 11) is 1.52. The van der Waals surface area contributed by atoms with Crippen molar-refractivity contribution in [2.45, 2.75) is 13.0 Å². The zero-order chi connectivity index (χ0) is 13.8. The molecule has 98 valence electrons. The Morgan fingerprint density at radius 1 is 1.16 bits per heavy atom. The lowest BCUT2D eigenvalue weighted by molar-refractivity contribution is -0.126. The summed E-state index contributed by atoms with van der Waals surface area (Å²) in [5, 5.41) is 0.618. The minimum Gasteiger partial charge on any atom is -0.369 e. The molecule has 0 bridgehead atoms. The van der Waals surface area contributed by atoms with Gasteiger partial charge in [-0.05, 0) is 24.1 Å². The average Bonchev–Trinajstić information content (AvgIpc) is 2.40. The van der Waals surface area contributed by atoms with Crippen LogP contribution in [0.3, 0.4) is 0 Å². The first kappa shape index (κ1) is 13.8. The van der Waals surface area contributed by atoms with Gasteiger partial charge in [0.1, 0.15) is 6.10 Å². The van der Waals surface area contributed by atoms with Crippen molar-refractivity contribution in [2.24, 2.45) is 0 Å². The highest BCUT2D eigenvalue weighted by molar-refractivity contribution is 6.33. The molecule has 0 amide bonds. The minimum absolute atomic E-state index is 0.0361. The quantitative estimate of drug-likeness (QED) is 0.832. The van der Waals surface area contributed by atoms with E-state index in [1.807, 2.05) is 42.5 Å². The van der Waals surface area contributed by atoms with Gasteiger partial charge in [0.2, 0.25) is 0 Å². The number of hydrogen-bond acceptors (Lipinski definition) is 2. The first-order valence-electron chi connectivity index (χ1n) is 6.01. The second kappa shape index (κ2) is 6.00. The highest BCUT2D eigenvalue weighted by atomic mass is 35.5. The molecule has 1 atom stereocenters. The molecule has 0 spiro atoms. The summed E-state index contributed by atoms with van der Waals surface area (Å²) in [6.07, 6.45) is -0.553. The molecule has 0 heterocycles. The van der Waals surface area contributed by atoms with Crippen LogP contribution in [0.2, 0.25) is 5.02 Å². The van der Waals surface area contributed by atoms with E-state index >= 15 is 0 Å². The van der Waals surface area contributed by atoms with Crippen LogP contribution in [0.4, 0.5) is 0 Å². The van der Waals surface area contributed by atoms with Gasteiger partial charge in [-0.15, -0.1) is 0 Å². The van der Waals surface area contributed by atoms with E-state index in [1.165, 1.54) is 14.0 Å². The van der Waals surface area contributed by atoms with E-state index in [2.05, 4.69) is 0 Å². The third-order valence-electron chi connectivity index (χ3n) is 2.99. The molecule has 2 aromatic rings. The van der Waals surface area contributed by atoms with Gasteiger partial charge in [-0.25, -0.2) is 0 Å². The molecule has 2 aromatic carbocycles. The molecule has 19 heavy (non-hydrogen) atoms. The normalized spacial score (nSPS) is 12.2. The second-order valence-electron chi connectivity index (χ2n) is 4.33. The molecule has 0 saturated heterocycles. The first-order chi connectivity index (χ1) is 9.13. The van der Waals surface area contributed by atoms with Gasteiger partial charge >= 0.3 is 0 Å². The van der Waals surface area contributed by atoms with Crippen LogP contribution in [0.1, 0.15) is 18.6 Å². The van der Waals surface area contributed by atoms with Crippen LogP contribution < -0.4 is 0 Å². The van der Waals surface area contributed by atoms with Crippen molar-refractivity contribution in [3.8, 4) is 11.1 Å². The maximum Gasteiger partial charge on any atom is 0.163 e. The van der Waals surface area contributed by atoms with Gasteiger partial charge in [0.05, 0.1) is 0 Å². The molecule has 2 nitrogen and oxygen atoms in total. The van der Waals surface area contributed by atoms with Crippen LogP contribution >= 0.6 is 11.6 Å². The van der Waals surface area contributed by atoms with Crippen LogP contribution in [0.5, 0.6) is 0 Å². The van der Waals surface area contributed by atoms with Crippen molar-refractivity contribution in [3.05, 3.63) is 59.1 Å². The number of carbonyl (C=O) groups is 1. The fourth-order valence-electron chi connectivity index (χ4n) is 2.08.